The third kappa shape index (κ3) is 2.49. The molecule has 0 bridgehead atoms. The van der Waals surface area contributed by atoms with Crippen molar-refractivity contribution in [3.8, 4) is 5.75 Å². The summed E-state index contributed by atoms with van der Waals surface area (Å²) in [5.74, 6) is 1.12. The second-order valence-electron chi connectivity index (χ2n) is 11.1. The predicted molar refractivity (Wildman–Crippen MR) is 118 cm³/mol. The van der Waals surface area contributed by atoms with Crippen LogP contribution in [0.15, 0.2) is 18.2 Å². The monoisotopic (exact) mass is 439 g/mol. The Labute approximate surface area is 188 Å². The number of aromatic hydroxyl groups is 1. The van der Waals surface area contributed by atoms with Crippen molar-refractivity contribution in [2.45, 2.75) is 75.0 Å². The summed E-state index contributed by atoms with van der Waals surface area (Å²) >= 11 is 0. The van der Waals surface area contributed by atoms with Crippen molar-refractivity contribution >= 4 is 11.9 Å². The van der Waals surface area contributed by atoms with Gasteiger partial charge in [0.05, 0.1) is 5.60 Å². The molecular weight excluding hydrogens is 406 g/mol. The second-order valence-corrected chi connectivity index (χ2v) is 11.1. The summed E-state index contributed by atoms with van der Waals surface area (Å²) in [6.45, 7) is 6.20. The van der Waals surface area contributed by atoms with E-state index in [9.17, 15) is 19.8 Å². The first-order valence-corrected chi connectivity index (χ1v) is 12.1. The normalized spacial score (nSPS) is 40.9. The van der Waals surface area contributed by atoms with E-state index >= 15 is 0 Å². The number of amides is 3. The Kier molecular flexibility index (Phi) is 4.14. The first-order chi connectivity index (χ1) is 15.2. The van der Waals surface area contributed by atoms with Crippen LogP contribution in [0.25, 0.3) is 0 Å². The van der Waals surface area contributed by atoms with Crippen LogP contribution >= 0.6 is 0 Å². The van der Waals surface area contributed by atoms with Crippen molar-refractivity contribution in [3.05, 3.63) is 29.3 Å². The van der Waals surface area contributed by atoms with Crippen LogP contribution < -0.4 is 5.32 Å². The van der Waals surface area contributed by atoms with Crippen LogP contribution in [0, 0.1) is 18.8 Å². The first-order valence-electron chi connectivity index (χ1n) is 12.1. The number of carbonyl (C=O) groups is 2. The van der Waals surface area contributed by atoms with Gasteiger partial charge in [0.25, 0.3) is 5.91 Å². The smallest absolute Gasteiger partial charge is 0.325 e. The molecule has 7 nitrogen and oxygen atoms in total. The molecule has 5 fully saturated rings. The number of rotatable bonds is 4. The Balaban J connectivity index is 1.46. The quantitative estimate of drug-likeness (QED) is 0.626. The van der Waals surface area contributed by atoms with Gasteiger partial charge < -0.3 is 15.5 Å². The second kappa shape index (κ2) is 6.48. The number of hydrogen-bond donors (Lipinski definition) is 3. The fourth-order valence-corrected chi connectivity index (χ4v) is 7.71. The lowest BCUT2D eigenvalue weighted by Crippen LogP contribution is -2.70. The molecule has 0 radical (unpaired) electrons. The fourth-order valence-electron chi connectivity index (χ4n) is 7.71. The predicted octanol–water partition coefficient (Wildman–Crippen LogP) is 2.28. The molecule has 3 N–H and O–H groups in total. The molecule has 32 heavy (non-hydrogen) atoms. The fraction of sp³-hybridized carbons (Fsp3) is 0.680. The van der Waals surface area contributed by atoms with E-state index < -0.39 is 16.6 Å². The largest absolute Gasteiger partial charge is 0.508 e. The standard InChI is InChI=1S/C25H33N3O4/c1-3-28-21(30)24(26-22(28)31)8-9-25(32)20-17(13-27(20)12-16-5-6-16)11-23(25,14-24)19-10-18(29)7-4-15(19)2/h4,7,10,16-17,20,29,32H,3,5-6,8-9,11-14H2,1-2H3,(H,26,31)/t17?,20-,23-,24+,25-/m1/s1. The Morgan fingerprint density at radius 1 is 1.22 bits per heavy atom. The van der Waals surface area contributed by atoms with Gasteiger partial charge in [-0.05, 0) is 87.5 Å². The summed E-state index contributed by atoms with van der Waals surface area (Å²) in [6.07, 6.45) is 4.63. The molecular formula is C25H33N3O4. The first kappa shape index (κ1) is 20.5. The SMILES string of the molecule is CCN1C(=O)N[C@]2(CC[C@@]3(O)[C@H]4C(CN4CC4CC4)C[C@]3(c3cc(O)ccc3C)C2)C1=O. The Morgan fingerprint density at radius 2 is 2.00 bits per heavy atom. The number of benzene rings is 1. The highest BCUT2D eigenvalue weighted by molar-refractivity contribution is 6.07. The maximum absolute atomic E-state index is 13.4. The van der Waals surface area contributed by atoms with E-state index in [1.54, 1.807) is 12.1 Å². The number of phenolic OH excluding ortho intramolecular Hbond substituents is 1. The summed E-state index contributed by atoms with van der Waals surface area (Å²) < 4.78 is 0. The summed E-state index contributed by atoms with van der Waals surface area (Å²) in [5, 5.41) is 25.9. The molecule has 3 aliphatic carbocycles. The molecule has 5 aliphatic rings. The maximum Gasteiger partial charge on any atom is 0.325 e. The highest BCUT2D eigenvalue weighted by Gasteiger charge is 2.74. The number of hydrogen-bond acceptors (Lipinski definition) is 5. The molecule has 2 saturated heterocycles. The van der Waals surface area contributed by atoms with Gasteiger partial charge in [-0.2, -0.15) is 0 Å². The van der Waals surface area contributed by atoms with Gasteiger partial charge in [-0.3, -0.25) is 14.6 Å². The van der Waals surface area contributed by atoms with E-state index in [1.165, 1.54) is 17.7 Å². The lowest BCUT2D eigenvalue weighted by Gasteiger charge is -2.57. The summed E-state index contributed by atoms with van der Waals surface area (Å²) in [5.41, 5.74) is -0.718. The number of aryl methyl sites for hydroxylation is 1. The highest BCUT2D eigenvalue weighted by Crippen LogP contribution is 2.65. The zero-order chi connectivity index (χ0) is 22.5. The van der Waals surface area contributed by atoms with Crippen LogP contribution in [-0.4, -0.2) is 68.8 Å². The van der Waals surface area contributed by atoms with Gasteiger partial charge in [0.2, 0.25) is 0 Å². The minimum atomic E-state index is -0.987. The zero-order valence-electron chi connectivity index (χ0n) is 18.9. The van der Waals surface area contributed by atoms with Crippen molar-refractivity contribution < 1.29 is 19.8 Å². The van der Waals surface area contributed by atoms with Crippen LogP contribution in [0.4, 0.5) is 4.79 Å². The number of aliphatic hydroxyl groups is 1. The number of urea groups is 1. The van der Waals surface area contributed by atoms with E-state index in [2.05, 4.69) is 10.2 Å². The van der Waals surface area contributed by atoms with Crippen LogP contribution in [0.5, 0.6) is 5.75 Å². The molecule has 2 aliphatic heterocycles. The highest BCUT2D eigenvalue weighted by atomic mass is 16.3. The van der Waals surface area contributed by atoms with E-state index in [4.69, 9.17) is 0 Å². The van der Waals surface area contributed by atoms with Gasteiger partial charge in [0.1, 0.15) is 11.3 Å². The zero-order valence-corrected chi connectivity index (χ0v) is 18.9. The van der Waals surface area contributed by atoms with Crippen molar-refractivity contribution in [1.29, 1.82) is 0 Å². The molecule has 1 spiro atoms. The number of imide groups is 1. The van der Waals surface area contributed by atoms with Gasteiger partial charge >= 0.3 is 6.03 Å². The molecule has 5 atom stereocenters. The van der Waals surface area contributed by atoms with Gasteiger partial charge in [0, 0.05) is 31.1 Å². The third-order valence-corrected chi connectivity index (χ3v) is 9.26. The van der Waals surface area contributed by atoms with Crippen molar-refractivity contribution in [2.24, 2.45) is 11.8 Å². The summed E-state index contributed by atoms with van der Waals surface area (Å²) in [4.78, 5) is 29.8. The Morgan fingerprint density at radius 3 is 2.69 bits per heavy atom. The number of phenols is 1. The third-order valence-electron chi connectivity index (χ3n) is 9.26. The molecule has 1 unspecified atom stereocenters. The number of nitrogens with one attached hydrogen (secondary N) is 1. The summed E-state index contributed by atoms with van der Waals surface area (Å²) in [7, 11) is 0. The minimum absolute atomic E-state index is 0.0803. The van der Waals surface area contributed by atoms with Crippen LogP contribution in [0.1, 0.15) is 56.6 Å². The molecule has 1 aromatic rings. The van der Waals surface area contributed by atoms with Crippen molar-refractivity contribution in [2.75, 3.05) is 19.6 Å². The van der Waals surface area contributed by atoms with E-state index in [-0.39, 0.29) is 23.7 Å². The topological polar surface area (TPSA) is 93.1 Å². The van der Waals surface area contributed by atoms with Gasteiger partial charge in [0.15, 0.2) is 0 Å². The summed E-state index contributed by atoms with van der Waals surface area (Å²) in [6, 6.07) is 5.11. The van der Waals surface area contributed by atoms with Crippen LogP contribution in [0.3, 0.4) is 0 Å². The van der Waals surface area contributed by atoms with Gasteiger partial charge in [-0.25, -0.2) is 4.79 Å². The molecule has 172 valence electrons. The molecule has 3 amide bonds. The lowest BCUT2D eigenvalue weighted by atomic mass is 9.55. The van der Waals surface area contributed by atoms with Crippen molar-refractivity contribution in [1.82, 2.24) is 15.1 Å². The molecule has 1 aromatic carbocycles. The van der Waals surface area contributed by atoms with E-state index in [0.717, 1.165) is 36.6 Å². The van der Waals surface area contributed by atoms with Crippen LogP contribution in [-0.2, 0) is 10.2 Å². The number of carbonyl (C=O) groups excluding carboxylic acids is 2. The molecule has 6 rings (SSSR count). The number of fused-ring (bicyclic) bond motifs is 3. The van der Waals surface area contributed by atoms with Crippen LogP contribution in [0.2, 0.25) is 0 Å². The number of nitrogens with zero attached hydrogens (tertiary/aromatic N) is 2. The average Bonchev–Trinajstić information content (AvgIpc) is 3.48. The molecule has 7 heteroatoms. The van der Waals surface area contributed by atoms with Gasteiger partial charge in [-0.1, -0.05) is 6.07 Å². The van der Waals surface area contributed by atoms with Gasteiger partial charge in [-0.15, -0.1) is 0 Å². The van der Waals surface area contributed by atoms with E-state index in [0.29, 0.717) is 31.7 Å². The number of likely N-dealkylation sites (N-methyl/N-ethyl adjacent to an activating group) is 1. The Hall–Kier alpha value is -2.12. The molecule has 0 aromatic heterocycles. The van der Waals surface area contributed by atoms with Crippen molar-refractivity contribution in [3.63, 3.8) is 0 Å². The lowest BCUT2D eigenvalue weighted by molar-refractivity contribution is -0.151. The maximum atomic E-state index is 13.4. The average molecular weight is 440 g/mol. The minimum Gasteiger partial charge on any atom is -0.508 e. The molecule has 3 saturated carbocycles. The molecule has 2 heterocycles. The Bertz CT molecular complexity index is 1010. The number of likely N-dealkylation sites (tertiary alicyclic amines) is 1. The van der Waals surface area contributed by atoms with E-state index in [1.807, 2.05) is 19.9 Å².